The first-order chi connectivity index (χ1) is 21.7. The van der Waals surface area contributed by atoms with Crippen LogP contribution < -0.4 is 10.6 Å². The number of likely N-dealkylation sites (tertiary alicyclic amines) is 2. The van der Waals surface area contributed by atoms with Crippen LogP contribution in [0.5, 0.6) is 0 Å². The number of amides is 2. The Kier molecular flexibility index (Phi) is 10.1. The molecule has 9 nitrogen and oxygen atoms in total. The van der Waals surface area contributed by atoms with Crippen LogP contribution in [0, 0.1) is 11.3 Å². The van der Waals surface area contributed by atoms with Gasteiger partial charge in [0, 0.05) is 50.2 Å². The highest BCUT2D eigenvalue weighted by molar-refractivity contribution is 6.30. The highest BCUT2D eigenvalue weighted by atomic mass is 35.5. The molecule has 2 N–H and O–H groups in total. The third-order valence-corrected chi connectivity index (χ3v) is 11.0. The normalized spacial score (nSPS) is 24.9. The van der Waals surface area contributed by atoms with E-state index >= 15 is 0 Å². The molecule has 1 unspecified atom stereocenters. The zero-order valence-electron chi connectivity index (χ0n) is 26.0. The van der Waals surface area contributed by atoms with Gasteiger partial charge in [-0.15, -0.1) is 0 Å². The monoisotopic (exact) mass is 645 g/mol. The summed E-state index contributed by atoms with van der Waals surface area (Å²) in [4.78, 5) is 35.0. The zero-order chi connectivity index (χ0) is 31.4. The predicted molar refractivity (Wildman–Crippen MR) is 168 cm³/mol. The Bertz CT molecular complexity index is 1270. The van der Waals surface area contributed by atoms with Gasteiger partial charge in [0.1, 0.15) is 12.7 Å². The maximum atomic E-state index is 14.2. The summed E-state index contributed by atoms with van der Waals surface area (Å²) >= 11 is 6.15. The van der Waals surface area contributed by atoms with E-state index in [0.29, 0.717) is 43.3 Å². The smallest absolute Gasteiger partial charge is 0.262 e. The van der Waals surface area contributed by atoms with Crippen molar-refractivity contribution in [2.75, 3.05) is 32.7 Å². The molecule has 3 aliphatic heterocycles. The molecule has 6 rings (SSSR count). The minimum Gasteiger partial charge on any atom is -0.341 e. The van der Waals surface area contributed by atoms with Gasteiger partial charge in [-0.05, 0) is 74.0 Å². The molecule has 4 aliphatic rings. The van der Waals surface area contributed by atoms with E-state index in [4.69, 9.17) is 11.6 Å². The summed E-state index contributed by atoms with van der Waals surface area (Å²) < 4.78 is 29.3. The maximum absolute atomic E-state index is 14.2. The van der Waals surface area contributed by atoms with E-state index in [1.807, 2.05) is 40.2 Å². The van der Waals surface area contributed by atoms with Crippen molar-refractivity contribution in [3.8, 4) is 0 Å². The fourth-order valence-corrected chi connectivity index (χ4v) is 8.30. The first-order valence-corrected chi connectivity index (χ1v) is 17.1. The molecule has 0 spiro atoms. The van der Waals surface area contributed by atoms with Crippen LogP contribution in [0.2, 0.25) is 5.02 Å². The van der Waals surface area contributed by atoms with Crippen molar-refractivity contribution in [1.82, 2.24) is 35.2 Å². The number of nitrogens with zero attached hydrogens (tertiary/aromatic N) is 5. The van der Waals surface area contributed by atoms with Crippen LogP contribution in [0.1, 0.15) is 69.8 Å². The topological polar surface area (TPSA) is 95.4 Å². The third kappa shape index (κ3) is 7.85. The molecule has 246 valence electrons. The van der Waals surface area contributed by atoms with E-state index in [0.717, 1.165) is 38.0 Å². The molecule has 12 heteroatoms. The fraction of sp³-hybridized carbons (Fsp3) is 0.697. The lowest BCUT2D eigenvalue weighted by Crippen LogP contribution is -2.57. The molecule has 4 fully saturated rings. The Labute approximate surface area is 269 Å². The number of carbonyl (C=O) groups is 2. The predicted octanol–water partition coefficient (Wildman–Crippen LogP) is 4.31. The lowest BCUT2D eigenvalue weighted by atomic mass is 9.63. The van der Waals surface area contributed by atoms with Gasteiger partial charge in [0.2, 0.25) is 11.8 Å². The van der Waals surface area contributed by atoms with Gasteiger partial charge in [-0.1, -0.05) is 43.0 Å². The third-order valence-electron chi connectivity index (χ3n) is 10.8. The van der Waals surface area contributed by atoms with E-state index in [-0.39, 0.29) is 23.3 Å². The Balaban J connectivity index is 1.10. The number of hydrogen-bond donors (Lipinski definition) is 2. The second-order valence-corrected chi connectivity index (χ2v) is 14.2. The van der Waals surface area contributed by atoms with Crippen LogP contribution in [0.25, 0.3) is 0 Å². The summed E-state index contributed by atoms with van der Waals surface area (Å²) in [6, 6.07) is 6.46. The van der Waals surface area contributed by atoms with Crippen LogP contribution in [0.3, 0.4) is 0 Å². The molecule has 1 aromatic carbocycles. The largest absolute Gasteiger partial charge is 0.341 e. The van der Waals surface area contributed by atoms with Gasteiger partial charge in [0.25, 0.3) is 5.92 Å². The molecule has 3 saturated heterocycles. The Hall–Kier alpha value is -2.63. The minimum absolute atomic E-state index is 0.0479. The van der Waals surface area contributed by atoms with Gasteiger partial charge >= 0.3 is 0 Å². The first kappa shape index (κ1) is 32.3. The van der Waals surface area contributed by atoms with Gasteiger partial charge in [-0.3, -0.25) is 19.6 Å². The summed E-state index contributed by atoms with van der Waals surface area (Å²) in [7, 11) is 0. The Morgan fingerprint density at radius 3 is 2.33 bits per heavy atom. The molecule has 0 radical (unpaired) electrons. The van der Waals surface area contributed by atoms with Crippen molar-refractivity contribution in [3.05, 3.63) is 47.5 Å². The minimum atomic E-state index is -2.84. The SMILES string of the molecule is O=C(C(Cc1ccc(Cl)cc1)NC1CCN(C(=O)[C@H]2CC(F)(F)CN2)CC1)N1CCC(Cn2cncn2)(C2CCCCC2)CC1. The van der Waals surface area contributed by atoms with Crippen LogP contribution in [0.4, 0.5) is 8.78 Å². The molecule has 2 atom stereocenters. The Morgan fingerprint density at radius 2 is 1.71 bits per heavy atom. The van der Waals surface area contributed by atoms with Crippen LogP contribution >= 0.6 is 11.6 Å². The van der Waals surface area contributed by atoms with Gasteiger partial charge in [0.15, 0.2) is 0 Å². The number of halogens is 3. The zero-order valence-corrected chi connectivity index (χ0v) is 26.7. The average Bonchev–Trinajstić information content (AvgIpc) is 3.71. The van der Waals surface area contributed by atoms with Crippen molar-refractivity contribution in [2.24, 2.45) is 11.3 Å². The molecule has 1 saturated carbocycles. The molecule has 0 bridgehead atoms. The van der Waals surface area contributed by atoms with E-state index in [2.05, 4.69) is 20.7 Å². The molecule has 4 heterocycles. The van der Waals surface area contributed by atoms with Gasteiger partial charge < -0.3 is 15.1 Å². The molecular weight excluding hydrogens is 600 g/mol. The number of carbonyl (C=O) groups excluding carboxylic acids is 2. The summed E-state index contributed by atoms with van der Waals surface area (Å²) in [5.74, 6) is -2.34. The molecule has 2 aromatic rings. The highest BCUT2D eigenvalue weighted by Crippen LogP contribution is 2.47. The van der Waals surface area contributed by atoms with Crippen molar-refractivity contribution in [3.63, 3.8) is 0 Å². The first-order valence-electron chi connectivity index (χ1n) is 16.7. The summed E-state index contributed by atoms with van der Waals surface area (Å²) in [6.07, 6.45) is 13.1. The quantitative estimate of drug-likeness (QED) is 0.422. The van der Waals surface area contributed by atoms with Crippen molar-refractivity contribution < 1.29 is 18.4 Å². The van der Waals surface area contributed by atoms with Gasteiger partial charge in [-0.25, -0.2) is 13.8 Å². The van der Waals surface area contributed by atoms with E-state index in [1.165, 1.54) is 32.1 Å². The molecule has 45 heavy (non-hydrogen) atoms. The van der Waals surface area contributed by atoms with E-state index in [1.54, 1.807) is 11.2 Å². The second kappa shape index (κ2) is 14.0. The fourth-order valence-electron chi connectivity index (χ4n) is 8.18. The second-order valence-electron chi connectivity index (χ2n) is 13.8. The lowest BCUT2D eigenvalue weighted by molar-refractivity contribution is -0.138. The number of alkyl halides is 2. The number of piperidine rings is 2. The molecule has 1 aromatic heterocycles. The van der Waals surface area contributed by atoms with E-state index in [9.17, 15) is 18.4 Å². The molecule has 2 amide bonds. The van der Waals surface area contributed by atoms with Gasteiger partial charge in [-0.2, -0.15) is 5.10 Å². The summed E-state index contributed by atoms with van der Waals surface area (Å²) in [5, 5.41) is 11.4. The number of benzene rings is 1. The summed E-state index contributed by atoms with van der Waals surface area (Å²) in [6.45, 7) is 2.80. The van der Waals surface area contributed by atoms with E-state index < -0.39 is 31.0 Å². The number of hydrogen-bond acceptors (Lipinski definition) is 6. The highest BCUT2D eigenvalue weighted by Gasteiger charge is 2.45. The number of aromatic nitrogens is 3. The average molecular weight is 646 g/mol. The number of rotatable bonds is 9. The molecule has 1 aliphatic carbocycles. The van der Waals surface area contributed by atoms with Crippen LogP contribution in [-0.2, 0) is 22.6 Å². The summed E-state index contributed by atoms with van der Waals surface area (Å²) in [5.41, 5.74) is 1.15. The van der Waals surface area contributed by atoms with Crippen LogP contribution in [-0.4, -0.2) is 93.2 Å². The van der Waals surface area contributed by atoms with Crippen molar-refractivity contribution in [2.45, 2.75) is 101 Å². The van der Waals surface area contributed by atoms with Crippen molar-refractivity contribution in [1.29, 1.82) is 0 Å². The van der Waals surface area contributed by atoms with Crippen molar-refractivity contribution >= 4 is 23.4 Å². The Morgan fingerprint density at radius 1 is 1.00 bits per heavy atom. The maximum Gasteiger partial charge on any atom is 0.262 e. The lowest BCUT2D eigenvalue weighted by Gasteiger charge is -2.48. The van der Waals surface area contributed by atoms with Crippen LogP contribution in [0.15, 0.2) is 36.9 Å². The number of nitrogens with one attached hydrogen (secondary N) is 2. The van der Waals surface area contributed by atoms with Gasteiger partial charge in [0.05, 0.1) is 18.6 Å². The molecular formula is C33H46ClF2N7O2. The standard InChI is InChI=1S/C33H46ClF2N7O2/c34-26-8-6-24(7-9-26)18-28(40-27-10-14-41(15-11-27)31(45)29-19-33(35,36)20-38-29)30(44)42-16-12-32(13-17-42,21-43-23-37-22-39-43)25-4-2-1-3-5-25/h6-9,22-23,25,27-29,38,40H,1-5,10-21H2/t28?,29-/m1/s1.